The molecule has 0 unspecified atom stereocenters. The molecule has 0 radical (unpaired) electrons. The van der Waals surface area contributed by atoms with Gasteiger partial charge in [-0.1, -0.05) is 25.3 Å². The number of ether oxygens (including phenoxy) is 1. The van der Waals surface area contributed by atoms with E-state index in [1.807, 2.05) is 0 Å². The van der Waals surface area contributed by atoms with Gasteiger partial charge in [-0.25, -0.2) is 4.39 Å². The van der Waals surface area contributed by atoms with Crippen molar-refractivity contribution >= 4 is 22.3 Å². The third-order valence-electron chi connectivity index (χ3n) is 4.87. The highest BCUT2D eigenvalue weighted by molar-refractivity contribution is 7.89. The summed E-state index contributed by atoms with van der Waals surface area (Å²) in [7, 11) is -4.14. The number of amides is 2. The van der Waals surface area contributed by atoms with E-state index in [9.17, 15) is 31.2 Å². The number of allylic oxidation sites excluding steroid dienone is 2. The molecule has 0 fully saturated rings. The molecule has 13 heteroatoms. The van der Waals surface area contributed by atoms with E-state index in [-0.39, 0.29) is 41.4 Å². The first-order valence-corrected chi connectivity index (χ1v) is 11.1. The van der Waals surface area contributed by atoms with Crippen LogP contribution in [0.1, 0.15) is 11.3 Å². The molecule has 0 spiro atoms. The smallest absolute Gasteiger partial charge is 0.387 e. The molecule has 2 amide bonds. The quantitative estimate of drug-likeness (QED) is 0.399. The van der Waals surface area contributed by atoms with Gasteiger partial charge in [-0.15, -0.1) is 0 Å². The number of carbonyl (C=O) groups is 2. The molecule has 3 rings (SSSR count). The minimum atomic E-state index is -4.14. The molecule has 1 aliphatic heterocycles. The van der Waals surface area contributed by atoms with Crippen LogP contribution in [0.5, 0.6) is 5.75 Å². The van der Waals surface area contributed by atoms with Crippen molar-refractivity contribution in [2.45, 2.75) is 30.6 Å². The molecule has 2 heterocycles. The third kappa shape index (κ3) is 5.03. The topological polar surface area (TPSA) is 111 Å². The molecule has 0 saturated heterocycles. The predicted molar refractivity (Wildman–Crippen MR) is 114 cm³/mol. The van der Waals surface area contributed by atoms with Gasteiger partial charge in [0.2, 0.25) is 6.41 Å². The van der Waals surface area contributed by atoms with E-state index in [0.717, 1.165) is 28.4 Å². The Morgan fingerprint density at radius 2 is 1.91 bits per heavy atom. The van der Waals surface area contributed by atoms with Gasteiger partial charge >= 0.3 is 6.61 Å². The molecule has 1 aromatic heterocycles. The second-order valence-corrected chi connectivity index (χ2v) is 8.80. The second-order valence-electron chi connectivity index (χ2n) is 7.00. The van der Waals surface area contributed by atoms with Gasteiger partial charge < -0.3 is 15.0 Å². The van der Waals surface area contributed by atoms with Gasteiger partial charge in [0.15, 0.2) is 0 Å². The van der Waals surface area contributed by atoms with Gasteiger partial charge in [0.05, 0.1) is 17.1 Å². The van der Waals surface area contributed by atoms with E-state index in [0.29, 0.717) is 5.56 Å². The highest BCUT2D eigenvalue weighted by atomic mass is 32.2. The van der Waals surface area contributed by atoms with E-state index in [2.05, 4.69) is 28.3 Å². The Balaban J connectivity index is 1.80. The van der Waals surface area contributed by atoms with Crippen molar-refractivity contribution in [3.05, 3.63) is 78.4 Å². The first-order chi connectivity index (χ1) is 16.1. The van der Waals surface area contributed by atoms with Crippen LogP contribution in [0.25, 0.3) is 0 Å². The molecule has 34 heavy (non-hydrogen) atoms. The van der Waals surface area contributed by atoms with E-state index in [1.54, 1.807) is 0 Å². The minimum absolute atomic E-state index is 0.0397. The average molecular weight is 496 g/mol. The fourth-order valence-electron chi connectivity index (χ4n) is 3.32. The Bertz CT molecular complexity index is 1230. The number of hydrogen-bond donors (Lipinski definition) is 1. The predicted octanol–water partition coefficient (Wildman–Crippen LogP) is 2.27. The van der Waals surface area contributed by atoms with Crippen LogP contribution in [0.3, 0.4) is 0 Å². The number of alkyl halides is 2. The summed E-state index contributed by atoms with van der Waals surface area (Å²) < 4.78 is 69.0. The summed E-state index contributed by atoms with van der Waals surface area (Å²) >= 11 is 0. The average Bonchev–Trinajstić information content (AvgIpc) is 3.35. The lowest BCUT2D eigenvalue weighted by molar-refractivity contribution is -0.134. The van der Waals surface area contributed by atoms with Gasteiger partial charge in [-0.05, 0) is 24.3 Å². The fourth-order valence-corrected chi connectivity index (χ4v) is 4.49. The zero-order valence-corrected chi connectivity index (χ0v) is 18.3. The molecule has 1 N–H and O–H groups in total. The highest BCUT2D eigenvalue weighted by Gasteiger charge is 2.34. The van der Waals surface area contributed by atoms with E-state index in [1.165, 1.54) is 23.2 Å². The monoisotopic (exact) mass is 496 g/mol. The van der Waals surface area contributed by atoms with Crippen LogP contribution in [0.4, 0.5) is 13.2 Å². The lowest BCUT2D eigenvalue weighted by Gasteiger charge is -2.24. The lowest BCUT2D eigenvalue weighted by atomic mass is 10.0. The van der Waals surface area contributed by atoms with Gasteiger partial charge in [-0.3, -0.25) is 9.59 Å². The van der Waals surface area contributed by atoms with Crippen LogP contribution in [0.15, 0.2) is 72.1 Å². The van der Waals surface area contributed by atoms with Crippen LogP contribution in [-0.4, -0.2) is 47.5 Å². The molecule has 2 aromatic rings. The number of benzene rings is 1. The first kappa shape index (κ1) is 24.8. The van der Waals surface area contributed by atoms with E-state index < -0.39 is 34.4 Å². The molecular formula is C21H19F3N4O5S. The van der Waals surface area contributed by atoms with E-state index in [4.69, 9.17) is 0 Å². The maximum Gasteiger partial charge on any atom is 0.387 e. The van der Waals surface area contributed by atoms with Crippen LogP contribution >= 0.6 is 0 Å². The Labute approximate surface area is 192 Å². The van der Waals surface area contributed by atoms with Gasteiger partial charge in [0.25, 0.3) is 15.9 Å². The molecule has 0 saturated carbocycles. The number of carbonyl (C=O) groups excluding carboxylic acids is 2. The Hall–Kier alpha value is -3.87. The number of fused-ring (bicyclic) bond motifs is 1. The van der Waals surface area contributed by atoms with Gasteiger partial charge in [0.1, 0.15) is 17.6 Å². The third-order valence-corrected chi connectivity index (χ3v) is 6.41. The van der Waals surface area contributed by atoms with Gasteiger partial charge in [0, 0.05) is 23.9 Å². The van der Waals surface area contributed by atoms with Crippen molar-refractivity contribution in [1.29, 1.82) is 0 Å². The molecular weight excluding hydrogens is 477 g/mol. The highest BCUT2D eigenvalue weighted by Crippen LogP contribution is 2.27. The summed E-state index contributed by atoms with van der Waals surface area (Å²) in [6.07, 6.45) is 3.93. The SMILES string of the molecule is C=C/C=C(\C(=C)F)[C@@H](NC=O)C(=O)N1Cc2cn(S(=O)(=O)c3ccc(OC(F)F)cc3)nc2C1. The fraction of sp³-hybridized carbons (Fsp3) is 0.190. The maximum absolute atomic E-state index is 13.8. The number of rotatable bonds is 10. The summed E-state index contributed by atoms with van der Waals surface area (Å²) in [6, 6.07) is 3.01. The Morgan fingerprint density at radius 3 is 2.44 bits per heavy atom. The summed E-state index contributed by atoms with van der Waals surface area (Å²) in [5.74, 6) is -1.78. The number of hydrogen-bond acceptors (Lipinski definition) is 6. The van der Waals surface area contributed by atoms with Crippen molar-refractivity contribution < 1.29 is 35.9 Å². The summed E-state index contributed by atoms with van der Waals surface area (Å²) in [6.45, 7) is 3.44. The largest absolute Gasteiger partial charge is 0.435 e. The number of nitrogens with one attached hydrogen (secondary N) is 1. The molecule has 1 aromatic carbocycles. The van der Waals surface area contributed by atoms with Crippen molar-refractivity contribution in [3.8, 4) is 5.75 Å². The van der Waals surface area contributed by atoms with Crippen LogP contribution < -0.4 is 10.1 Å². The Kier molecular flexibility index (Phi) is 7.25. The number of nitrogens with zero attached hydrogens (tertiary/aromatic N) is 3. The summed E-state index contributed by atoms with van der Waals surface area (Å²) in [4.78, 5) is 25.0. The summed E-state index contributed by atoms with van der Waals surface area (Å²) in [5.41, 5.74) is 0.532. The maximum atomic E-state index is 13.8. The first-order valence-electron chi connectivity index (χ1n) is 9.62. The Morgan fingerprint density at radius 1 is 1.24 bits per heavy atom. The molecule has 1 atom stereocenters. The van der Waals surface area contributed by atoms with E-state index >= 15 is 0 Å². The van der Waals surface area contributed by atoms with Crippen molar-refractivity contribution in [2.75, 3.05) is 0 Å². The van der Waals surface area contributed by atoms with Crippen LogP contribution in [-0.2, 0) is 32.7 Å². The van der Waals surface area contributed by atoms with Gasteiger partial charge in [-0.2, -0.15) is 26.4 Å². The minimum Gasteiger partial charge on any atom is -0.435 e. The zero-order valence-electron chi connectivity index (χ0n) is 17.5. The van der Waals surface area contributed by atoms with Crippen molar-refractivity contribution in [3.63, 3.8) is 0 Å². The van der Waals surface area contributed by atoms with Crippen molar-refractivity contribution in [2.24, 2.45) is 0 Å². The van der Waals surface area contributed by atoms with Crippen LogP contribution in [0, 0.1) is 0 Å². The standard InChI is InChI=1S/C21H19F3N4O5S/c1-3-4-17(13(2)22)19(25-12-29)20(30)27-9-14-10-28(26-18(14)11-27)34(31,32)16-7-5-15(6-8-16)33-21(23)24/h3-8,10,12,19,21H,1-2,9,11H2,(H,25,29)/b17-4+/t19-/m1/s1. The number of aromatic nitrogens is 2. The molecule has 1 aliphatic rings. The molecule has 180 valence electrons. The normalized spacial score (nSPS) is 14.5. The molecule has 0 aliphatic carbocycles. The van der Waals surface area contributed by atoms with Crippen LogP contribution in [0.2, 0.25) is 0 Å². The molecule has 9 nitrogen and oxygen atoms in total. The molecule has 0 bridgehead atoms. The number of halogens is 3. The lowest BCUT2D eigenvalue weighted by Crippen LogP contribution is -2.45. The second kappa shape index (κ2) is 9.95. The van der Waals surface area contributed by atoms with Crippen molar-refractivity contribution in [1.82, 2.24) is 19.4 Å². The zero-order chi connectivity index (χ0) is 25.0. The summed E-state index contributed by atoms with van der Waals surface area (Å²) in [5, 5.41) is 6.29.